The fourth-order valence-electron chi connectivity index (χ4n) is 9.07. The number of methoxy groups -OCH3 is 1. The number of H-pyrrole nitrogens is 1. The minimum absolute atomic E-state index is 0.00956. The summed E-state index contributed by atoms with van der Waals surface area (Å²) in [6.45, 7) is 12.7. The molecule has 7 atom stereocenters. The lowest BCUT2D eigenvalue weighted by molar-refractivity contribution is -0.154. The maximum atomic E-state index is 14.6. The topological polar surface area (TPSA) is 179 Å². The van der Waals surface area contributed by atoms with Crippen LogP contribution in [0.2, 0.25) is 0 Å². The molecule has 2 saturated heterocycles. The number of aromatic amines is 1. The second-order valence-electron chi connectivity index (χ2n) is 17.8. The Hall–Kier alpha value is -5.63. The number of carbonyl (C=O) groups is 5. The molecule has 0 radical (unpaired) electrons. The molecule has 4 aromatic rings. The third kappa shape index (κ3) is 9.86. The van der Waals surface area contributed by atoms with Crippen LogP contribution in [-0.4, -0.2) is 118 Å². The van der Waals surface area contributed by atoms with Crippen molar-refractivity contribution in [3.8, 4) is 34.4 Å². The van der Waals surface area contributed by atoms with E-state index in [1.54, 1.807) is 32.2 Å². The lowest BCUT2D eigenvalue weighted by Crippen LogP contribution is -2.62. The predicted molar refractivity (Wildman–Crippen MR) is 244 cm³/mol. The number of thiazole rings is 1. The zero-order chi connectivity index (χ0) is 45.8. The number of cyclic esters (lactones) is 1. The van der Waals surface area contributed by atoms with Crippen molar-refractivity contribution in [3.63, 3.8) is 0 Å². The number of hydrogen-bond donors (Lipinski definition) is 3. The van der Waals surface area contributed by atoms with E-state index in [1.807, 2.05) is 38.3 Å². The Morgan fingerprint density at radius 1 is 1.08 bits per heavy atom. The molecule has 3 aromatic heterocycles. The third-order valence-corrected chi connectivity index (χ3v) is 13.9. The Labute approximate surface area is 379 Å². The Kier molecular flexibility index (Phi) is 14.5. The van der Waals surface area contributed by atoms with Crippen molar-refractivity contribution < 1.29 is 33.4 Å². The van der Waals surface area contributed by atoms with E-state index in [2.05, 4.69) is 59.6 Å². The number of fused-ring (bicyclic) bond motifs is 6. The number of benzene rings is 1. The summed E-state index contributed by atoms with van der Waals surface area (Å²) in [5.74, 6) is 2.50. The van der Waals surface area contributed by atoms with Crippen molar-refractivity contribution in [2.24, 2.45) is 23.7 Å². The molecule has 64 heavy (non-hydrogen) atoms. The van der Waals surface area contributed by atoms with Gasteiger partial charge in [0, 0.05) is 73.8 Å². The van der Waals surface area contributed by atoms with Crippen molar-refractivity contribution in [2.75, 3.05) is 40.4 Å². The molecule has 0 saturated carbocycles. The van der Waals surface area contributed by atoms with Crippen molar-refractivity contribution in [3.05, 3.63) is 58.2 Å². The fourth-order valence-corrected chi connectivity index (χ4v) is 9.92. The number of nitrogens with zero attached hydrogens (tertiary/aromatic N) is 5. The fraction of sp³-hybridized carbons (Fsp3) is 0.521. The Balaban J connectivity index is 1.23. The van der Waals surface area contributed by atoms with Gasteiger partial charge in [-0.25, -0.2) is 10.4 Å². The maximum Gasteiger partial charge on any atom is 0.324 e. The first-order valence-electron chi connectivity index (χ1n) is 22.3. The van der Waals surface area contributed by atoms with Gasteiger partial charge in [-0.3, -0.25) is 34.0 Å². The van der Waals surface area contributed by atoms with Crippen LogP contribution in [0.1, 0.15) is 83.2 Å². The molecule has 340 valence electrons. The number of pyridine rings is 1. The molecule has 7 rings (SSSR count). The number of aromatic nitrogens is 3. The number of esters is 1. The molecule has 6 bridgehead atoms. The summed E-state index contributed by atoms with van der Waals surface area (Å²) >= 11 is 1.40. The van der Waals surface area contributed by atoms with Gasteiger partial charge in [0.25, 0.3) is 11.8 Å². The summed E-state index contributed by atoms with van der Waals surface area (Å²) in [6.07, 6.45) is 3.77. The van der Waals surface area contributed by atoms with E-state index < -0.39 is 41.8 Å². The average molecular weight is 893 g/mol. The molecular weight excluding hydrogens is 833 g/mol. The molecule has 6 heterocycles. The van der Waals surface area contributed by atoms with Crippen LogP contribution in [0.4, 0.5) is 0 Å². The molecular formula is C48H60N8O7S. The standard InChI is InChI=1S/C48H60N8O7S/c1-9-12-41(57)55-20-17-32(24-55)46(59)54(7)44(27(2)3)45(58)52-38-23-40-50-39(26-64-40)31-15-16-36-34(22-31)35(43(51-36)33-13-10-18-49-42(33)30(6)62-8)21-28(4)29(5)25-63-48(61)37-14-11-19-56(53-37)47(38)60/h10,13,15-16,18,22,26-30,32,37-38,44,51,53H,11,14,17,19-21,23-25H2,1-8H3,(H,52,58)/t28?,29?,30-,32-,37-,38-,44-/m0/s1. The van der Waals surface area contributed by atoms with E-state index in [4.69, 9.17) is 19.4 Å². The molecule has 3 aliphatic rings. The van der Waals surface area contributed by atoms with Crippen LogP contribution >= 0.6 is 11.3 Å². The van der Waals surface area contributed by atoms with Gasteiger partial charge in [-0.1, -0.05) is 39.7 Å². The molecule has 3 N–H and O–H groups in total. The third-order valence-electron chi connectivity index (χ3n) is 13.0. The highest BCUT2D eigenvalue weighted by molar-refractivity contribution is 7.10. The first kappa shape index (κ1) is 46.4. The molecule has 2 fully saturated rings. The Bertz CT molecular complexity index is 2450. The van der Waals surface area contributed by atoms with E-state index in [-0.39, 0.29) is 55.2 Å². The summed E-state index contributed by atoms with van der Waals surface area (Å²) in [5, 5.41) is 8.05. The Morgan fingerprint density at radius 3 is 2.62 bits per heavy atom. The van der Waals surface area contributed by atoms with Crippen molar-refractivity contribution in [1.29, 1.82) is 0 Å². The van der Waals surface area contributed by atoms with E-state index in [9.17, 15) is 24.0 Å². The first-order chi connectivity index (χ1) is 30.7. The van der Waals surface area contributed by atoms with Crippen LogP contribution < -0.4 is 10.7 Å². The highest BCUT2D eigenvalue weighted by atomic mass is 32.1. The molecule has 16 heteroatoms. The number of hydrogen-bond acceptors (Lipinski definition) is 11. The predicted octanol–water partition coefficient (Wildman–Crippen LogP) is 5.31. The zero-order valence-corrected chi connectivity index (χ0v) is 38.8. The van der Waals surface area contributed by atoms with Gasteiger partial charge < -0.3 is 29.6 Å². The first-order valence-corrected chi connectivity index (χ1v) is 23.2. The summed E-state index contributed by atoms with van der Waals surface area (Å²) in [6, 6.07) is 7.45. The Morgan fingerprint density at radius 2 is 1.88 bits per heavy atom. The maximum absolute atomic E-state index is 14.6. The minimum Gasteiger partial charge on any atom is -0.464 e. The summed E-state index contributed by atoms with van der Waals surface area (Å²) in [5.41, 5.74) is 9.54. The number of carbonyl (C=O) groups excluding carboxylic acids is 5. The number of ether oxygens (including phenoxy) is 2. The largest absolute Gasteiger partial charge is 0.464 e. The van der Waals surface area contributed by atoms with Gasteiger partial charge in [-0.2, -0.15) is 0 Å². The van der Waals surface area contributed by atoms with Crippen LogP contribution in [0.5, 0.6) is 0 Å². The molecule has 2 unspecified atom stereocenters. The van der Waals surface area contributed by atoms with Crippen LogP contribution in [0.15, 0.2) is 41.9 Å². The van der Waals surface area contributed by atoms with Crippen LogP contribution in [0, 0.1) is 35.5 Å². The van der Waals surface area contributed by atoms with Crippen molar-refractivity contribution >= 4 is 51.8 Å². The smallest absolute Gasteiger partial charge is 0.324 e. The van der Waals surface area contributed by atoms with Crippen LogP contribution in [-0.2, 0) is 46.3 Å². The summed E-state index contributed by atoms with van der Waals surface area (Å²) in [7, 11) is 3.27. The number of nitrogens with one attached hydrogen (secondary N) is 3. The van der Waals surface area contributed by atoms with Gasteiger partial charge in [0.1, 0.15) is 18.1 Å². The lowest BCUT2D eigenvalue weighted by atomic mass is 9.87. The molecule has 15 nitrogen and oxygen atoms in total. The summed E-state index contributed by atoms with van der Waals surface area (Å²) < 4.78 is 11.7. The minimum atomic E-state index is -1.09. The molecule has 0 aliphatic carbocycles. The van der Waals surface area contributed by atoms with Crippen molar-refractivity contribution in [2.45, 2.75) is 97.9 Å². The second kappa shape index (κ2) is 20.0. The van der Waals surface area contributed by atoms with E-state index >= 15 is 0 Å². The van der Waals surface area contributed by atoms with Gasteiger partial charge >= 0.3 is 5.97 Å². The normalized spacial score (nSPS) is 22.8. The number of likely N-dealkylation sites (tertiary alicyclic amines) is 1. The van der Waals surface area contributed by atoms with Gasteiger partial charge in [0.15, 0.2) is 0 Å². The quantitative estimate of drug-likeness (QED) is 0.155. The average Bonchev–Trinajstić information content (AvgIpc) is 4.06. The molecule has 0 spiro atoms. The van der Waals surface area contributed by atoms with E-state index in [0.717, 1.165) is 44.7 Å². The van der Waals surface area contributed by atoms with Gasteiger partial charge in [0.2, 0.25) is 11.8 Å². The SMILES string of the molecule is CC#CC(=O)N1CC[C@H](C(=O)N(C)[C@H](C(=O)N[C@H]2Cc3nc(cs3)-c3ccc4[nH]c(-c5cccnc5[C@H](C)OC)c(c4c3)CC(C)C(C)COC(=O)[C@@H]3CCCN(N3)C2=O)C(C)C)C1. The molecule has 1 aromatic carbocycles. The molecule has 3 aliphatic heterocycles. The van der Waals surface area contributed by atoms with Crippen LogP contribution in [0.25, 0.3) is 33.4 Å². The zero-order valence-electron chi connectivity index (χ0n) is 38.0. The highest BCUT2D eigenvalue weighted by Gasteiger charge is 2.40. The van der Waals surface area contributed by atoms with E-state index in [1.165, 1.54) is 21.2 Å². The summed E-state index contributed by atoms with van der Waals surface area (Å²) in [4.78, 5) is 85.5. The number of hydrazine groups is 1. The second-order valence-corrected chi connectivity index (χ2v) is 18.7. The number of likely N-dealkylation sites (N-methyl/N-ethyl adjacent to an activating group) is 1. The molecule has 4 amide bonds. The number of rotatable bonds is 8. The highest BCUT2D eigenvalue weighted by Crippen LogP contribution is 2.38. The lowest BCUT2D eigenvalue weighted by Gasteiger charge is -2.36. The van der Waals surface area contributed by atoms with Gasteiger partial charge in [-0.15, -0.1) is 11.3 Å². The van der Waals surface area contributed by atoms with E-state index in [0.29, 0.717) is 43.8 Å². The van der Waals surface area contributed by atoms with Crippen molar-refractivity contribution in [1.82, 2.24) is 40.5 Å². The van der Waals surface area contributed by atoms with Gasteiger partial charge in [0.05, 0.1) is 40.7 Å². The monoisotopic (exact) mass is 892 g/mol. The van der Waals surface area contributed by atoms with Gasteiger partial charge in [-0.05, 0) is 93.0 Å². The number of amides is 4. The van der Waals surface area contributed by atoms with Crippen LogP contribution in [0.3, 0.4) is 0 Å².